The fourth-order valence-corrected chi connectivity index (χ4v) is 1.70. The van der Waals surface area contributed by atoms with Crippen LogP contribution in [0.5, 0.6) is 0 Å². The molecule has 0 saturated heterocycles. The van der Waals surface area contributed by atoms with E-state index in [9.17, 15) is 4.79 Å². The number of anilines is 1. The van der Waals surface area contributed by atoms with Gasteiger partial charge in [0.05, 0.1) is 16.3 Å². The fraction of sp³-hybridized carbons (Fsp3) is 0. The quantitative estimate of drug-likeness (QED) is 0.671. The first-order valence-electron chi connectivity index (χ1n) is 5.10. The molecule has 0 saturated carbocycles. The lowest BCUT2D eigenvalue weighted by Crippen LogP contribution is -2.29. The minimum Gasteiger partial charge on any atom is -0.297 e. The van der Waals surface area contributed by atoms with Crippen LogP contribution in [-0.2, 0) is 0 Å². The van der Waals surface area contributed by atoms with E-state index < -0.39 is 0 Å². The number of hydrogen-bond donors (Lipinski definition) is 2. The van der Waals surface area contributed by atoms with Crippen molar-refractivity contribution in [3.63, 3.8) is 0 Å². The summed E-state index contributed by atoms with van der Waals surface area (Å²) in [7, 11) is 0. The number of pyridine rings is 1. The van der Waals surface area contributed by atoms with Crippen molar-refractivity contribution in [2.75, 3.05) is 5.43 Å². The van der Waals surface area contributed by atoms with Crippen LogP contribution in [-0.4, -0.2) is 10.9 Å². The van der Waals surface area contributed by atoms with E-state index in [-0.39, 0.29) is 11.1 Å². The summed E-state index contributed by atoms with van der Waals surface area (Å²) in [6, 6.07) is 10.3. The molecule has 0 fully saturated rings. The predicted octanol–water partition coefficient (Wildman–Crippen LogP) is 3.15. The molecule has 0 atom stereocenters. The molecule has 1 heterocycles. The normalized spacial score (nSPS) is 9.89. The molecule has 0 spiro atoms. The minimum absolute atomic E-state index is 0.149. The van der Waals surface area contributed by atoms with Gasteiger partial charge in [0.25, 0.3) is 5.91 Å². The van der Waals surface area contributed by atoms with E-state index >= 15 is 0 Å². The van der Waals surface area contributed by atoms with Gasteiger partial charge in [0, 0.05) is 6.20 Å². The Labute approximate surface area is 114 Å². The summed E-state index contributed by atoms with van der Waals surface area (Å²) in [5.74, 6) is -0.381. The lowest BCUT2D eigenvalue weighted by atomic mass is 10.3. The molecule has 92 valence electrons. The Hall–Kier alpha value is -1.78. The van der Waals surface area contributed by atoms with Gasteiger partial charge in [-0.05, 0) is 24.3 Å². The number of nitrogens with zero attached hydrogens (tertiary/aromatic N) is 1. The molecule has 1 aromatic heterocycles. The summed E-state index contributed by atoms with van der Waals surface area (Å²) in [5, 5.41) is 0.658. The highest BCUT2D eigenvalue weighted by molar-refractivity contribution is 6.33. The van der Waals surface area contributed by atoms with Crippen LogP contribution in [0.4, 0.5) is 5.69 Å². The third-order valence-corrected chi connectivity index (χ3v) is 2.82. The van der Waals surface area contributed by atoms with Gasteiger partial charge in [0.15, 0.2) is 0 Å². The van der Waals surface area contributed by atoms with Crippen molar-refractivity contribution >= 4 is 34.8 Å². The second-order valence-electron chi connectivity index (χ2n) is 3.40. The molecule has 1 amide bonds. The monoisotopic (exact) mass is 281 g/mol. The van der Waals surface area contributed by atoms with Gasteiger partial charge in [-0.1, -0.05) is 35.3 Å². The number of amides is 1. The smallest absolute Gasteiger partial charge is 0.272 e. The summed E-state index contributed by atoms with van der Waals surface area (Å²) in [4.78, 5) is 15.6. The van der Waals surface area contributed by atoms with Gasteiger partial charge >= 0.3 is 0 Å². The van der Waals surface area contributed by atoms with Crippen molar-refractivity contribution in [2.45, 2.75) is 0 Å². The maximum Gasteiger partial charge on any atom is 0.272 e. The lowest BCUT2D eigenvalue weighted by molar-refractivity contribution is 0.0962. The first-order valence-corrected chi connectivity index (χ1v) is 5.85. The second kappa shape index (κ2) is 5.71. The van der Waals surface area contributed by atoms with Crippen LogP contribution in [0, 0.1) is 0 Å². The van der Waals surface area contributed by atoms with Crippen LogP contribution in [0.25, 0.3) is 0 Å². The van der Waals surface area contributed by atoms with E-state index in [0.717, 1.165) is 0 Å². The zero-order valence-corrected chi connectivity index (χ0v) is 10.7. The maximum atomic E-state index is 11.8. The Balaban J connectivity index is 2.06. The summed E-state index contributed by atoms with van der Waals surface area (Å²) >= 11 is 11.7. The summed E-state index contributed by atoms with van der Waals surface area (Å²) in [5.41, 5.74) is 6.11. The Morgan fingerprint density at radius 3 is 2.61 bits per heavy atom. The van der Waals surface area contributed by atoms with Gasteiger partial charge in [-0.3, -0.25) is 15.6 Å². The van der Waals surface area contributed by atoms with Crippen molar-refractivity contribution in [1.82, 2.24) is 10.4 Å². The molecule has 2 rings (SSSR count). The number of hydrazine groups is 1. The van der Waals surface area contributed by atoms with Crippen LogP contribution in [0.3, 0.4) is 0 Å². The Morgan fingerprint density at radius 1 is 1.11 bits per heavy atom. The van der Waals surface area contributed by atoms with Crippen molar-refractivity contribution in [3.8, 4) is 0 Å². The van der Waals surface area contributed by atoms with E-state index in [4.69, 9.17) is 23.2 Å². The van der Waals surface area contributed by atoms with Crippen LogP contribution in [0.2, 0.25) is 10.2 Å². The molecule has 0 aliphatic heterocycles. The van der Waals surface area contributed by atoms with Crippen molar-refractivity contribution in [1.29, 1.82) is 0 Å². The molecule has 6 heteroatoms. The van der Waals surface area contributed by atoms with Crippen LogP contribution >= 0.6 is 23.2 Å². The van der Waals surface area contributed by atoms with Gasteiger partial charge in [-0.2, -0.15) is 0 Å². The van der Waals surface area contributed by atoms with Gasteiger partial charge in [-0.15, -0.1) is 0 Å². The molecular weight excluding hydrogens is 273 g/mol. The Bertz CT molecular complexity index is 575. The van der Waals surface area contributed by atoms with E-state index in [1.54, 1.807) is 36.4 Å². The number of hydrogen-bond acceptors (Lipinski definition) is 3. The molecule has 18 heavy (non-hydrogen) atoms. The van der Waals surface area contributed by atoms with Gasteiger partial charge in [-0.25, -0.2) is 4.98 Å². The fourth-order valence-electron chi connectivity index (χ4n) is 1.31. The van der Waals surface area contributed by atoms with Crippen LogP contribution in [0.1, 0.15) is 10.4 Å². The molecule has 0 aliphatic rings. The molecule has 0 radical (unpaired) electrons. The second-order valence-corrected chi connectivity index (χ2v) is 4.17. The largest absolute Gasteiger partial charge is 0.297 e. The van der Waals surface area contributed by atoms with E-state index in [1.807, 2.05) is 0 Å². The molecule has 4 nitrogen and oxygen atoms in total. The zero-order valence-electron chi connectivity index (χ0n) is 9.15. The number of benzene rings is 1. The average molecular weight is 282 g/mol. The van der Waals surface area contributed by atoms with Crippen LogP contribution in [0.15, 0.2) is 42.6 Å². The third-order valence-electron chi connectivity index (χ3n) is 2.19. The predicted molar refractivity (Wildman–Crippen MR) is 71.8 cm³/mol. The highest BCUT2D eigenvalue weighted by atomic mass is 35.5. The lowest BCUT2D eigenvalue weighted by Gasteiger charge is -2.10. The van der Waals surface area contributed by atoms with Gasteiger partial charge in [0.1, 0.15) is 5.15 Å². The molecule has 2 N–H and O–H groups in total. The SMILES string of the molecule is O=C(NNc1ccccc1Cl)c1cccnc1Cl. The number of carbonyl (C=O) groups is 1. The highest BCUT2D eigenvalue weighted by Crippen LogP contribution is 2.19. The van der Waals surface area contributed by atoms with Gasteiger partial charge in [0.2, 0.25) is 0 Å². The minimum atomic E-state index is -0.381. The average Bonchev–Trinajstić information content (AvgIpc) is 2.38. The number of aromatic nitrogens is 1. The Kier molecular flexibility index (Phi) is 4.02. The van der Waals surface area contributed by atoms with E-state index in [2.05, 4.69) is 15.8 Å². The number of halogens is 2. The number of carbonyl (C=O) groups excluding carboxylic acids is 1. The van der Waals surface area contributed by atoms with Crippen molar-refractivity contribution in [3.05, 3.63) is 58.3 Å². The number of nitrogens with one attached hydrogen (secondary N) is 2. The molecule has 2 aromatic rings. The first-order chi connectivity index (χ1) is 8.68. The van der Waals surface area contributed by atoms with Crippen molar-refractivity contribution < 1.29 is 4.79 Å². The maximum absolute atomic E-state index is 11.8. The van der Waals surface area contributed by atoms with Crippen LogP contribution < -0.4 is 10.9 Å². The van der Waals surface area contributed by atoms with Crippen molar-refractivity contribution in [2.24, 2.45) is 0 Å². The van der Waals surface area contributed by atoms with E-state index in [0.29, 0.717) is 16.3 Å². The highest BCUT2D eigenvalue weighted by Gasteiger charge is 2.10. The molecule has 0 unspecified atom stereocenters. The number of rotatable bonds is 3. The summed E-state index contributed by atoms with van der Waals surface area (Å²) < 4.78 is 0. The molecular formula is C12H9Cl2N3O. The Morgan fingerprint density at radius 2 is 1.89 bits per heavy atom. The summed E-state index contributed by atoms with van der Waals surface area (Å²) in [6.07, 6.45) is 1.51. The summed E-state index contributed by atoms with van der Waals surface area (Å²) in [6.45, 7) is 0. The number of para-hydroxylation sites is 1. The molecule has 0 bridgehead atoms. The standard InChI is InChI=1S/C12H9Cl2N3O/c13-9-5-1-2-6-10(9)16-17-12(18)8-4-3-7-15-11(8)14/h1-7,16H,(H,17,18). The topological polar surface area (TPSA) is 54.0 Å². The van der Waals surface area contributed by atoms with E-state index in [1.165, 1.54) is 6.20 Å². The van der Waals surface area contributed by atoms with Gasteiger partial charge < -0.3 is 0 Å². The third kappa shape index (κ3) is 2.91. The zero-order chi connectivity index (χ0) is 13.0. The molecule has 1 aromatic carbocycles. The first kappa shape index (κ1) is 12.7. The molecule has 0 aliphatic carbocycles.